The molecule has 1 atom stereocenters. The van der Waals surface area contributed by atoms with Crippen LogP contribution in [0, 0.1) is 0 Å². The monoisotopic (exact) mass is 120 g/mol. The van der Waals surface area contributed by atoms with E-state index in [0.717, 1.165) is 6.42 Å². The zero-order chi connectivity index (χ0) is 5.70. The number of hydrogen-bond donors (Lipinski definition) is 2. The summed E-state index contributed by atoms with van der Waals surface area (Å²) in [6.45, 7) is 1.91. The van der Waals surface area contributed by atoms with E-state index in [4.69, 9.17) is 9.90 Å². The Morgan fingerprint density at radius 3 is 2.43 bits per heavy atom. The number of aliphatic hydroxyl groups excluding tert-OH is 1. The molecule has 2 N–H and O–H groups in total. The van der Waals surface area contributed by atoms with E-state index in [0.29, 0.717) is 6.04 Å². The summed E-state index contributed by atoms with van der Waals surface area (Å²) in [5, 5.41) is 8.73. The summed E-state index contributed by atoms with van der Waals surface area (Å²) >= 11 is 0. The van der Waals surface area contributed by atoms with Gasteiger partial charge in [-0.25, -0.2) is 0 Å². The molecule has 0 rings (SSSR count). The lowest BCUT2D eigenvalue weighted by Crippen LogP contribution is -2.06. The zero-order valence-corrected chi connectivity index (χ0v) is 6.01. The Labute approximate surface area is 46.1 Å². The maximum atomic E-state index is 8.73. The van der Waals surface area contributed by atoms with E-state index in [1.54, 1.807) is 0 Å². The Kier molecular flexibility index (Phi) is 4.38. The van der Waals surface area contributed by atoms with Crippen molar-refractivity contribution in [1.82, 2.24) is 0 Å². The van der Waals surface area contributed by atoms with Crippen LogP contribution in [0.1, 0.15) is 13.3 Å². The topological polar surface area (TPSA) is 40.5 Å². The molecule has 0 aliphatic carbocycles. The van der Waals surface area contributed by atoms with Gasteiger partial charge >= 0.3 is 0 Å². The molecule has 0 radical (unpaired) electrons. The molecule has 0 spiro atoms. The van der Waals surface area contributed by atoms with Crippen molar-refractivity contribution < 1.29 is 9.90 Å². The van der Waals surface area contributed by atoms with Gasteiger partial charge < -0.3 is 9.90 Å². The van der Waals surface area contributed by atoms with Crippen LogP contribution in [0.25, 0.3) is 0 Å². The number of rotatable bonds is 3. The van der Waals surface area contributed by atoms with Crippen LogP contribution in [0.3, 0.4) is 0 Å². The lowest BCUT2D eigenvalue weighted by atomic mass is 10.3. The lowest BCUT2D eigenvalue weighted by Gasteiger charge is -2.00. The van der Waals surface area contributed by atoms with E-state index in [-0.39, 0.29) is 6.10 Å². The van der Waals surface area contributed by atoms with Gasteiger partial charge in [0.15, 0.2) is 9.76 Å². The highest BCUT2D eigenvalue weighted by Gasteiger charge is 1.96. The first kappa shape index (κ1) is 7.14. The predicted molar refractivity (Wildman–Crippen MR) is 31.9 cm³/mol. The van der Waals surface area contributed by atoms with Crippen molar-refractivity contribution >= 4 is 9.76 Å². The molecule has 3 heteroatoms. The summed E-state index contributed by atoms with van der Waals surface area (Å²) in [4.78, 5) is 8.35. The Hall–Kier alpha value is 0.137. The third-order valence-corrected chi connectivity index (χ3v) is 1.86. The molecule has 0 aromatic carbocycles. The molecule has 0 heterocycles. The summed E-state index contributed by atoms with van der Waals surface area (Å²) in [5.74, 6) is 0. The third-order valence-electron chi connectivity index (χ3n) is 0.934. The fourth-order valence-electron chi connectivity index (χ4n) is 0.353. The fraction of sp³-hybridized carbons (Fsp3) is 1.00. The molecule has 0 saturated carbocycles. The van der Waals surface area contributed by atoms with Crippen LogP contribution in [-0.4, -0.2) is 25.8 Å². The fourth-order valence-corrected chi connectivity index (χ4v) is 1.06. The second-order valence-corrected chi connectivity index (χ2v) is 2.60. The summed E-state index contributed by atoms with van der Waals surface area (Å²) in [7, 11) is -0.894. The van der Waals surface area contributed by atoms with Crippen molar-refractivity contribution in [2.24, 2.45) is 0 Å². The van der Waals surface area contributed by atoms with Gasteiger partial charge in [-0.05, 0) is 12.5 Å². The minimum atomic E-state index is -0.894. The summed E-state index contributed by atoms with van der Waals surface area (Å²) in [6, 6.07) is 0.649. The second-order valence-electron chi connectivity index (χ2n) is 1.57. The Morgan fingerprint density at radius 2 is 2.29 bits per heavy atom. The molecule has 0 aliphatic rings. The predicted octanol–water partition coefficient (Wildman–Crippen LogP) is -0.748. The maximum Gasteiger partial charge on any atom is 0.159 e. The Morgan fingerprint density at radius 1 is 1.71 bits per heavy atom. The van der Waals surface area contributed by atoms with E-state index in [2.05, 4.69) is 0 Å². The Bertz CT molecular complexity index is 40.7. The second kappa shape index (κ2) is 4.30. The van der Waals surface area contributed by atoms with Crippen molar-refractivity contribution in [2.45, 2.75) is 25.5 Å². The van der Waals surface area contributed by atoms with Crippen LogP contribution in [0.4, 0.5) is 0 Å². The first-order chi connectivity index (χ1) is 3.31. The molecule has 0 aromatic heterocycles. The molecule has 7 heavy (non-hydrogen) atoms. The van der Waals surface area contributed by atoms with Crippen LogP contribution < -0.4 is 0 Å². The summed E-state index contributed by atoms with van der Waals surface area (Å²) < 4.78 is 0. The number of hydrogen-bond acceptors (Lipinski definition) is 2. The molecular weight excluding hydrogens is 108 g/mol. The molecule has 44 valence electrons. The van der Waals surface area contributed by atoms with Crippen LogP contribution in [0.15, 0.2) is 0 Å². The van der Waals surface area contributed by atoms with Gasteiger partial charge in [0.1, 0.15) is 0 Å². The third kappa shape index (κ3) is 3.98. The van der Waals surface area contributed by atoms with Gasteiger partial charge in [-0.15, -0.1) is 0 Å². The minimum Gasteiger partial charge on any atom is -0.438 e. The SMILES string of the molecule is CCC(O)C[SiH2]O. The van der Waals surface area contributed by atoms with Gasteiger partial charge in [0.25, 0.3) is 0 Å². The average molecular weight is 120 g/mol. The molecule has 0 fully saturated rings. The molecule has 0 saturated heterocycles. The Balaban J connectivity index is 2.83. The normalized spacial score (nSPS) is 15.9. The van der Waals surface area contributed by atoms with Gasteiger partial charge in [0.05, 0.1) is 6.10 Å². The van der Waals surface area contributed by atoms with Crippen molar-refractivity contribution in [3.8, 4) is 0 Å². The first-order valence-electron chi connectivity index (χ1n) is 2.60. The highest BCUT2D eigenvalue weighted by molar-refractivity contribution is 6.25. The zero-order valence-electron chi connectivity index (χ0n) is 4.59. The van der Waals surface area contributed by atoms with E-state index >= 15 is 0 Å². The molecular formula is C4H12O2Si. The van der Waals surface area contributed by atoms with Crippen LogP contribution in [-0.2, 0) is 0 Å². The van der Waals surface area contributed by atoms with E-state index < -0.39 is 9.76 Å². The van der Waals surface area contributed by atoms with Crippen LogP contribution in [0.2, 0.25) is 6.04 Å². The van der Waals surface area contributed by atoms with Gasteiger partial charge in [-0.2, -0.15) is 0 Å². The van der Waals surface area contributed by atoms with Crippen molar-refractivity contribution in [3.63, 3.8) is 0 Å². The van der Waals surface area contributed by atoms with Crippen LogP contribution in [0.5, 0.6) is 0 Å². The highest BCUT2D eigenvalue weighted by atomic mass is 28.2. The lowest BCUT2D eigenvalue weighted by molar-refractivity contribution is 0.188. The smallest absolute Gasteiger partial charge is 0.159 e. The number of aliphatic hydroxyl groups is 1. The average Bonchev–Trinajstić information content (AvgIpc) is 1.68. The van der Waals surface area contributed by atoms with Crippen molar-refractivity contribution in [3.05, 3.63) is 0 Å². The standard InChI is InChI=1S/C4H12O2Si/c1-2-4(5)3-7-6/h4-6H,2-3,7H2,1H3. The van der Waals surface area contributed by atoms with E-state index in [1.165, 1.54) is 0 Å². The van der Waals surface area contributed by atoms with Crippen molar-refractivity contribution in [2.75, 3.05) is 0 Å². The molecule has 2 nitrogen and oxygen atoms in total. The molecule has 1 unspecified atom stereocenters. The van der Waals surface area contributed by atoms with Gasteiger partial charge in [0, 0.05) is 0 Å². The van der Waals surface area contributed by atoms with E-state index in [1.807, 2.05) is 6.92 Å². The van der Waals surface area contributed by atoms with Crippen LogP contribution >= 0.6 is 0 Å². The van der Waals surface area contributed by atoms with E-state index in [9.17, 15) is 0 Å². The summed E-state index contributed by atoms with van der Waals surface area (Å²) in [6.07, 6.45) is 0.532. The van der Waals surface area contributed by atoms with Crippen molar-refractivity contribution in [1.29, 1.82) is 0 Å². The molecule has 0 aliphatic heterocycles. The molecule has 0 bridgehead atoms. The summed E-state index contributed by atoms with van der Waals surface area (Å²) in [5.41, 5.74) is 0. The minimum absolute atomic E-state index is 0.239. The quantitative estimate of drug-likeness (QED) is 0.481. The van der Waals surface area contributed by atoms with Gasteiger partial charge in [-0.3, -0.25) is 0 Å². The molecule has 0 amide bonds. The largest absolute Gasteiger partial charge is 0.438 e. The first-order valence-corrected chi connectivity index (χ1v) is 4.23. The highest BCUT2D eigenvalue weighted by Crippen LogP contribution is 1.93. The van der Waals surface area contributed by atoms with Gasteiger partial charge in [0.2, 0.25) is 0 Å². The van der Waals surface area contributed by atoms with Gasteiger partial charge in [-0.1, -0.05) is 6.92 Å². The maximum absolute atomic E-state index is 8.73. The molecule has 0 aromatic rings.